The van der Waals surface area contributed by atoms with Gasteiger partial charge in [0, 0.05) is 12.1 Å². The molecule has 2 heterocycles. The highest BCUT2D eigenvalue weighted by atomic mass is 32.2. The fraction of sp³-hybridized carbons (Fsp3) is 0.231. The lowest BCUT2D eigenvalue weighted by Crippen LogP contribution is -2.25. The standard InChI is InChI=1S/C13H15N5O2S/c1-8-2-4-9(5-3-8)21(19,20)18-6-10-11(7-18)16-13(15)17-12(10)14/h2-5H,6-7H2,1H3,(H4,14,15,16,17). The average Bonchev–Trinajstić information content (AvgIpc) is 2.84. The zero-order chi connectivity index (χ0) is 15.2. The summed E-state index contributed by atoms with van der Waals surface area (Å²) in [7, 11) is -3.58. The molecular formula is C13H15N5O2S. The largest absolute Gasteiger partial charge is 0.383 e. The van der Waals surface area contributed by atoms with Crippen LogP contribution in [0.1, 0.15) is 16.8 Å². The number of rotatable bonds is 2. The Morgan fingerprint density at radius 2 is 1.76 bits per heavy atom. The number of hydrogen-bond acceptors (Lipinski definition) is 6. The van der Waals surface area contributed by atoms with Crippen molar-refractivity contribution in [3.8, 4) is 0 Å². The van der Waals surface area contributed by atoms with Crippen LogP contribution in [0.2, 0.25) is 0 Å². The van der Waals surface area contributed by atoms with Gasteiger partial charge < -0.3 is 11.5 Å². The van der Waals surface area contributed by atoms with Gasteiger partial charge in [0.25, 0.3) is 0 Å². The number of nitrogen functional groups attached to an aromatic ring is 2. The van der Waals surface area contributed by atoms with Crippen molar-refractivity contribution in [2.24, 2.45) is 0 Å². The quantitative estimate of drug-likeness (QED) is 0.842. The third-order valence-electron chi connectivity index (χ3n) is 3.46. The molecule has 0 atom stereocenters. The van der Waals surface area contributed by atoms with Crippen LogP contribution in [-0.4, -0.2) is 22.7 Å². The average molecular weight is 305 g/mol. The van der Waals surface area contributed by atoms with Crippen LogP contribution in [-0.2, 0) is 23.1 Å². The van der Waals surface area contributed by atoms with Crippen molar-refractivity contribution in [3.63, 3.8) is 0 Å². The van der Waals surface area contributed by atoms with Crippen molar-refractivity contribution >= 4 is 21.8 Å². The minimum atomic E-state index is -3.58. The third kappa shape index (κ3) is 2.32. The monoisotopic (exact) mass is 305 g/mol. The normalized spacial score (nSPS) is 15.1. The molecule has 21 heavy (non-hydrogen) atoms. The lowest BCUT2D eigenvalue weighted by molar-refractivity contribution is 0.430. The summed E-state index contributed by atoms with van der Waals surface area (Å²) in [6, 6.07) is 6.72. The second-order valence-electron chi connectivity index (χ2n) is 4.98. The first-order chi connectivity index (χ1) is 9.88. The van der Waals surface area contributed by atoms with Gasteiger partial charge in [-0.1, -0.05) is 17.7 Å². The Hall–Kier alpha value is -2.19. The van der Waals surface area contributed by atoms with E-state index >= 15 is 0 Å². The molecule has 1 aliphatic rings. The summed E-state index contributed by atoms with van der Waals surface area (Å²) in [5, 5.41) is 0. The SMILES string of the molecule is Cc1ccc(S(=O)(=O)N2Cc3nc(N)nc(N)c3C2)cc1. The van der Waals surface area contributed by atoms with E-state index in [-0.39, 0.29) is 29.8 Å². The van der Waals surface area contributed by atoms with E-state index in [0.717, 1.165) is 5.56 Å². The lowest BCUT2D eigenvalue weighted by atomic mass is 10.2. The molecule has 7 nitrogen and oxygen atoms in total. The summed E-state index contributed by atoms with van der Waals surface area (Å²) in [5.74, 6) is 0.292. The highest BCUT2D eigenvalue weighted by molar-refractivity contribution is 7.89. The summed E-state index contributed by atoms with van der Waals surface area (Å²) in [6.45, 7) is 2.22. The van der Waals surface area contributed by atoms with E-state index in [9.17, 15) is 8.42 Å². The smallest absolute Gasteiger partial charge is 0.243 e. The number of aromatic nitrogens is 2. The van der Waals surface area contributed by atoms with Crippen LogP contribution in [0.4, 0.5) is 11.8 Å². The molecule has 4 N–H and O–H groups in total. The fourth-order valence-corrected chi connectivity index (χ4v) is 3.67. The van der Waals surface area contributed by atoms with Crippen molar-refractivity contribution in [1.82, 2.24) is 14.3 Å². The number of sulfonamides is 1. The predicted molar refractivity (Wildman–Crippen MR) is 78.5 cm³/mol. The third-order valence-corrected chi connectivity index (χ3v) is 5.27. The van der Waals surface area contributed by atoms with E-state index < -0.39 is 10.0 Å². The number of nitrogens with two attached hydrogens (primary N) is 2. The first-order valence-electron chi connectivity index (χ1n) is 6.35. The molecule has 0 aliphatic carbocycles. The number of anilines is 2. The van der Waals surface area contributed by atoms with Gasteiger partial charge >= 0.3 is 0 Å². The summed E-state index contributed by atoms with van der Waals surface area (Å²) < 4.78 is 26.6. The maximum absolute atomic E-state index is 12.6. The molecule has 0 saturated heterocycles. The van der Waals surface area contributed by atoms with Crippen molar-refractivity contribution in [3.05, 3.63) is 41.1 Å². The van der Waals surface area contributed by atoms with Gasteiger partial charge in [0.15, 0.2) is 0 Å². The van der Waals surface area contributed by atoms with Gasteiger partial charge in [-0.3, -0.25) is 0 Å². The molecule has 0 bridgehead atoms. The Labute approximate surface area is 122 Å². The highest BCUT2D eigenvalue weighted by Gasteiger charge is 2.33. The van der Waals surface area contributed by atoms with Crippen LogP contribution >= 0.6 is 0 Å². The Morgan fingerprint density at radius 1 is 1.10 bits per heavy atom. The fourth-order valence-electron chi connectivity index (χ4n) is 2.30. The molecule has 0 amide bonds. The maximum atomic E-state index is 12.6. The van der Waals surface area contributed by atoms with Gasteiger partial charge in [0.2, 0.25) is 16.0 Å². The minimum absolute atomic E-state index is 0.0563. The number of benzene rings is 1. The van der Waals surface area contributed by atoms with Gasteiger partial charge in [-0.05, 0) is 19.1 Å². The highest BCUT2D eigenvalue weighted by Crippen LogP contribution is 2.30. The second kappa shape index (κ2) is 4.68. The minimum Gasteiger partial charge on any atom is -0.383 e. The second-order valence-corrected chi connectivity index (χ2v) is 6.92. The van der Waals surface area contributed by atoms with Crippen LogP contribution in [0.5, 0.6) is 0 Å². The number of fused-ring (bicyclic) bond motifs is 1. The Morgan fingerprint density at radius 3 is 2.43 bits per heavy atom. The first kappa shape index (κ1) is 13.8. The molecule has 1 aliphatic heterocycles. The van der Waals surface area contributed by atoms with Crippen molar-refractivity contribution in [2.75, 3.05) is 11.5 Å². The van der Waals surface area contributed by atoms with E-state index in [2.05, 4.69) is 9.97 Å². The Balaban J connectivity index is 1.97. The molecule has 110 valence electrons. The van der Waals surface area contributed by atoms with E-state index in [4.69, 9.17) is 11.5 Å². The van der Waals surface area contributed by atoms with Crippen molar-refractivity contribution in [2.45, 2.75) is 24.9 Å². The van der Waals surface area contributed by atoms with Crippen LogP contribution in [0.25, 0.3) is 0 Å². The van der Waals surface area contributed by atoms with Crippen LogP contribution in [0.3, 0.4) is 0 Å². The van der Waals surface area contributed by atoms with Crippen LogP contribution in [0, 0.1) is 6.92 Å². The summed E-state index contributed by atoms with van der Waals surface area (Å²) in [4.78, 5) is 8.19. The molecule has 0 radical (unpaired) electrons. The number of nitrogens with zero attached hydrogens (tertiary/aromatic N) is 3. The summed E-state index contributed by atoms with van der Waals surface area (Å²) in [5.41, 5.74) is 13.5. The first-order valence-corrected chi connectivity index (χ1v) is 7.79. The van der Waals surface area contributed by atoms with Crippen LogP contribution < -0.4 is 11.5 Å². The Kier molecular flexibility index (Phi) is 3.07. The molecule has 0 unspecified atom stereocenters. The van der Waals surface area contributed by atoms with Crippen molar-refractivity contribution in [1.29, 1.82) is 0 Å². The summed E-state index contributed by atoms with van der Waals surface area (Å²) in [6.07, 6.45) is 0. The van der Waals surface area contributed by atoms with Gasteiger partial charge in [0.05, 0.1) is 17.1 Å². The Bertz CT molecular complexity index is 802. The van der Waals surface area contributed by atoms with Crippen LogP contribution in [0.15, 0.2) is 29.2 Å². The maximum Gasteiger partial charge on any atom is 0.243 e. The van der Waals surface area contributed by atoms with Gasteiger partial charge in [0.1, 0.15) is 5.82 Å². The van der Waals surface area contributed by atoms with E-state index in [1.165, 1.54) is 4.31 Å². The van der Waals surface area contributed by atoms with Crippen molar-refractivity contribution < 1.29 is 8.42 Å². The van der Waals surface area contributed by atoms with Gasteiger partial charge in [-0.2, -0.15) is 9.29 Å². The zero-order valence-electron chi connectivity index (χ0n) is 11.4. The molecule has 2 aromatic rings. The molecule has 0 saturated carbocycles. The van der Waals surface area contributed by atoms with E-state index in [0.29, 0.717) is 11.3 Å². The molecule has 0 spiro atoms. The zero-order valence-corrected chi connectivity index (χ0v) is 12.3. The topological polar surface area (TPSA) is 115 Å². The molecule has 1 aromatic carbocycles. The van der Waals surface area contributed by atoms with E-state index in [1.54, 1.807) is 24.3 Å². The van der Waals surface area contributed by atoms with E-state index in [1.807, 2.05) is 6.92 Å². The molecular weight excluding hydrogens is 290 g/mol. The van der Waals surface area contributed by atoms with Gasteiger partial charge in [-0.25, -0.2) is 13.4 Å². The summed E-state index contributed by atoms with van der Waals surface area (Å²) >= 11 is 0. The van der Waals surface area contributed by atoms with Gasteiger partial charge in [-0.15, -0.1) is 0 Å². The molecule has 0 fully saturated rings. The predicted octanol–water partition coefficient (Wildman–Crippen LogP) is 0.654. The lowest BCUT2D eigenvalue weighted by Gasteiger charge is -2.15. The number of aryl methyl sites for hydroxylation is 1. The molecule has 8 heteroatoms. The molecule has 1 aromatic heterocycles. The molecule has 3 rings (SSSR count). The number of hydrogen-bond donors (Lipinski definition) is 2.